The number of fused-ring (bicyclic) bond motifs is 1. The molecule has 2 aliphatic rings. The van der Waals surface area contributed by atoms with Crippen molar-refractivity contribution in [3.05, 3.63) is 93.1 Å². The first-order chi connectivity index (χ1) is 20.9. The average Bonchev–Trinajstić information content (AvgIpc) is 3.38. The zero-order valence-corrected chi connectivity index (χ0v) is 25.7. The van der Waals surface area contributed by atoms with E-state index in [1.165, 1.54) is 11.0 Å². The molecule has 9 heteroatoms. The molecule has 1 aliphatic carbocycles. The lowest BCUT2D eigenvalue weighted by molar-refractivity contribution is -0.163. The van der Waals surface area contributed by atoms with E-state index < -0.39 is 0 Å². The van der Waals surface area contributed by atoms with Crippen LogP contribution in [0, 0.1) is 5.92 Å². The minimum absolute atomic E-state index is 0.201. The average molecular weight is 589 g/mol. The van der Waals surface area contributed by atoms with Crippen LogP contribution in [0.5, 0.6) is 0 Å². The highest BCUT2D eigenvalue weighted by atomic mass is 16.7. The first kappa shape index (κ1) is 30.8. The second kappa shape index (κ2) is 14.2. The van der Waals surface area contributed by atoms with E-state index >= 15 is 0 Å². The Morgan fingerprint density at radius 2 is 1.91 bits per heavy atom. The van der Waals surface area contributed by atoms with Gasteiger partial charge in [0.25, 0.3) is 5.56 Å². The molecule has 0 spiro atoms. The lowest BCUT2D eigenvalue weighted by Crippen LogP contribution is -2.40. The highest BCUT2D eigenvalue weighted by Gasteiger charge is 2.28. The molecule has 0 bridgehead atoms. The molecule has 0 radical (unpaired) electrons. The molecule has 3 aromatic rings. The number of rotatable bonds is 13. The summed E-state index contributed by atoms with van der Waals surface area (Å²) in [6.07, 6.45) is 11.5. The smallest absolute Gasteiger partial charge is 0.332 e. The van der Waals surface area contributed by atoms with Crippen LogP contribution in [0.4, 0.5) is 0 Å². The molecule has 2 aromatic heterocycles. The molecule has 1 aromatic carbocycles. The molecule has 9 nitrogen and oxygen atoms in total. The van der Waals surface area contributed by atoms with Crippen molar-refractivity contribution in [1.82, 2.24) is 18.7 Å². The van der Waals surface area contributed by atoms with Gasteiger partial charge in [0.15, 0.2) is 17.5 Å². The molecule has 1 saturated heterocycles. The van der Waals surface area contributed by atoms with E-state index in [4.69, 9.17) is 19.2 Å². The van der Waals surface area contributed by atoms with E-state index in [1.807, 2.05) is 67.0 Å². The minimum Gasteiger partial charge on any atom is -0.491 e. The molecule has 0 amide bonds. The van der Waals surface area contributed by atoms with Crippen LogP contribution in [0.15, 0.2) is 70.5 Å². The standard InChI is InChI=1S/C34H44N4O5/c1-5-27(18-17-25(4)43-28-19-16-24(28)3)31-35-32-30(38(31)23-26-13-8-7-9-14-26)33(39)37(34(40)36(32)6-2)20-12-22-42-29-15-10-11-21-41-29/h5,7-9,13-14,17-18,24,28-29H,4,6,10-12,15-16,19-23H2,1-3H3/b18-17-,27-5+. The maximum Gasteiger partial charge on any atom is 0.332 e. The van der Waals surface area contributed by atoms with Crippen molar-refractivity contribution in [2.45, 2.75) is 91.3 Å². The Labute approximate surface area is 253 Å². The van der Waals surface area contributed by atoms with Gasteiger partial charge in [0.1, 0.15) is 17.7 Å². The molecule has 230 valence electrons. The van der Waals surface area contributed by atoms with Gasteiger partial charge in [-0.3, -0.25) is 13.9 Å². The Kier molecular flexibility index (Phi) is 10.1. The van der Waals surface area contributed by atoms with Gasteiger partial charge in [-0.2, -0.15) is 0 Å². The van der Waals surface area contributed by atoms with Crippen LogP contribution in [-0.2, 0) is 33.8 Å². The monoisotopic (exact) mass is 588 g/mol. The van der Waals surface area contributed by atoms with Crippen molar-refractivity contribution in [2.75, 3.05) is 13.2 Å². The highest BCUT2D eigenvalue weighted by Crippen LogP contribution is 2.31. The number of imidazole rings is 1. The fourth-order valence-corrected chi connectivity index (χ4v) is 5.72. The molecule has 2 fully saturated rings. The quantitative estimate of drug-likeness (QED) is 0.146. The van der Waals surface area contributed by atoms with Crippen LogP contribution in [0.1, 0.15) is 70.7 Å². The summed E-state index contributed by atoms with van der Waals surface area (Å²) < 4.78 is 22.4. The lowest BCUT2D eigenvalue weighted by atomic mass is 9.83. The molecule has 3 atom stereocenters. The predicted molar refractivity (Wildman–Crippen MR) is 169 cm³/mol. The summed E-state index contributed by atoms with van der Waals surface area (Å²) in [5.74, 6) is 1.73. The van der Waals surface area contributed by atoms with E-state index in [0.29, 0.717) is 61.4 Å². The van der Waals surface area contributed by atoms with Crippen molar-refractivity contribution >= 4 is 16.7 Å². The van der Waals surface area contributed by atoms with Crippen molar-refractivity contribution in [1.29, 1.82) is 0 Å². The lowest BCUT2D eigenvalue weighted by Gasteiger charge is -2.34. The number of hydrogen-bond donors (Lipinski definition) is 0. The first-order valence-electron chi connectivity index (χ1n) is 15.6. The topological polar surface area (TPSA) is 89.5 Å². The van der Waals surface area contributed by atoms with Crippen LogP contribution in [0.3, 0.4) is 0 Å². The van der Waals surface area contributed by atoms with E-state index in [1.54, 1.807) is 4.57 Å². The maximum atomic E-state index is 14.1. The first-order valence-corrected chi connectivity index (χ1v) is 15.6. The predicted octanol–water partition coefficient (Wildman–Crippen LogP) is 5.65. The maximum absolute atomic E-state index is 14.1. The van der Waals surface area contributed by atoms with Crippen molar-refractivity contribution < 1.29 is 14.2 Å². The van der Waals surface area contributed by atoms with E-state index in [9.17, 15) is 9.59 Å². The van der Waals surface area contributed by atoms with Crippen LogP contribution in [0.25, 0.3) is 16.7 Å². The molecule has 0 N–H and O–H groups in total. The second-order valence-electron chi connectivity index (χ2n) is 11.4. The molecular weight excluding hydrogens is 544 g/mol. The summed E-state index contributed by atoms with van der Waals surface area (Å²) in [5.41, 5.74) is 1.91. The number of benzene rings is 1. The van der Waals surface area contributed by atoms with Crippen molar-refractivity contribution in [3.8, 4) is 0 Å². The summed E-state index contributed by atoms with van der Waals surface area (Å²) >= 11 is 0. The van der Waals surface area contributed by atoms with Crippen LogP contribution < -0.4 is 11.2 Å². The molecule has 3 unspecified atom stereocenters. The molecule has 1 aliphatic heterocycles. The molecule has 5 rings (SSSR count). The summed E-state index contributed by atoms with van der Waals surface area (Å²) in [6.45, 7) is 12.3. The van der Waals surface area contributed by atoms with Gasteiger partial charge < -0.3 is 18.8 Å². The molecule has 3 heterocycles. The summed E-state index contributed by atoms with van der Waals surface area (Å²) in [4.78, 5) is 32.6. The van der Waals surface area contributed by atoms with Gasteiger partial charge in [0.05, 0.1) is 6.61 Å². The van der Waals surface area contributed by atoms with Gasteiger partial charge in [-0.25, -0.2) is 9.78 Å². The normalized spacial score (nSPS) is 20.9. The third-order valence-electron chi connectivity index (χ3n) is 8.44. The summed E-state index contributed by atoms with van der Waals surface area (Å²) in [6, 6.07) is 9.96. The highest BCUT2D eigenvalue weighted by molar-refractivity contribution is 5.80. The Morgan fingerprint density at radius 1 is 1.09 bits per heavy atom. The van der Waals surface area contributed by atoms with Gasteiger partial charge in [-0.15, -0.1) is 0 Å². The zero-order chi connectivity index (χ0) is 30.3. The number of nitrogens with zero attached hydrogens (tertiary/aromatic N) is 4. The number of ether oxygens (including phenoxy) is 3. The summed E-state index contributed by atoms with van der Waals surface area (Å²) in [7, 11) is 0. The molecular formula is C34H44N4O5. The summed E-state index contributed by atoms with van der Waals surface area (Å²) in [5, 5.41) is 0. The Balaban J connectivity index is 1.50. The van der Waals surface area contributed by atoms with Gasteiger partial charge in [-0.05, 0) is 76.0 Å². The minimum atomic E-state index is -0.362. The van der Waals surface area contributed by atoms with E-state index in [0.717, 1.165) is 36.8 Å². The van der Waals surface area contributed by atoms with Crippen molar-refractivity contribution in [2.24, 2.45) is 5.92 Å². The number of allylic oxidation sites excluding steroid dienone is 4. The van der Waals surface area contributed by atoms with Crippen LogP contribution in [-0.4, -0.2) is 44.3 Å². The van der Waals surface area contributed by atoms with Gasteiger partial charge in [-0.1, -0.05) is 49.9 Å². The number of hydrogen-bond acceptors (Lipinski definition) is 6. The SMILES string of the molecule is C=C(/C=C\C(=C/C)c1nc2c(c(=O)n(CCCOC3CCCCO3)c(=O)n2CC)n1Cc1ccccc1)OC1CCC1C. The fraction of sp³-hybridized carbons (Fsp3) is 0.500. The van der Waals surface area contributed by atoms with Crippen LogP contribution >= 0.6 is 0 Å². The van der Waals surface area contributed by atoms with Gasteiger partial charge in [0.2, 0.25) is 0 Å². The Morgan fingerprint density at radius 3 is 2.56 bits per heavy atom. The third-order valence-corrected chi connectivity index (χ3v) is 8.44. The third kappa shape index (κ3) is 6.94. The molecule has 43 heavy (non-hydrogen) atoms. The fourth-order valence-electron chi connectivity index (χ4n) is 5.72. The van der Waals surface area contributed by atoms with E-state index in [2.05, 4.69) is 13.5 Å². The van der Waals surface area contributed by atoms with Crippen LogP contribution in [0.2, 0.25) is 0 Å². The number of aryl methyl sites for hydroxylation is 1. The van der Waals surface area contributed by atoms with Gasteiger partial charge in [0, 0.05) is 31.8 Å². The Bertz CT molecular complexity index is 1590. The number of aromatic nitrogens is 4. The Hall–Kier alpha value is -3.69. The molecule has 1 saturated carbocycles. The van der Waals surface area contributed by atoms with E-state index in [-0.39, 0.29) is 30.2 Å². The van der Waals surface area contributed by atoms with Crippen molar-refractivity contribution in [3.63, 3.8) is 0 Å². The van der Waals surface area contributed by atoms with Gasteiger partial charge >= 0.3 is 5.69 Å². The second-order valence-corrected chi connectivity index (χ2v) is 11.4. The largest absolute Gasteiger partial charge is 0.491 e. The zero-order valence-electron chi connectivity index (χ0n) is 25.7.